The highest BCUT2D eigenvalue weighted by Crippen LogP contribution is 2.23. The maximum Gasteiger partial charge on any atom is 0.132 e. The van der Waals surface area contributed by atoms with Gasteiger partial charge in [-0.05, 0) is 18.4 Å². The number of nitrogens with zero attached hydrogens (tertiary/aromatic N) is 2. The van der Waals surface area contributed by atoms with E-state index in [1.54, 1.807) is 17.5 Å². The van der Waals surface area contributed by atoms with E-state index >= 15 is 0 Å². The van der Waals surface area contributed by atoms with E-state index in [0.29, 0.717) is 0 Å². The minimum Gasteiger partial charge on any atom is -0.334 e. The quantitative estimate of drug-likeness (QED) is 0.609. The molecule has 0 bridgehead atoms. The van der Waals surface area contributed by atoms with Gasteiger partial charge in [0.25, 0.3) is 0 Å². The molecule has 0 fully saturated rings. The van der Waals surface area contributed by atoms with Gasteiger partial charge in [0.2, 0.25) is 0 Å². The van der Waals surface area contributed by atoms with Crippen molar-refractivity contribution in [3.05, 3.63) is 40.6 Å². The second-order valence-electron chi connectivity index (χ2n) is 3.19. The molecule has 2 aromatic rings. The molecule has 4 nitrogen and oxygen atoms in total. The first-order valence-electron chi connectivity index (χ1n) is 4.87. The van der Waals surface area contributed by atoms with Crippen molar-refractivity contribution in [1.82, 2.24) is 15.0 Å². The third-order valence-electron chi connectivity index (χ3n) is 2.34. The van der Waals surface area contributed by atoms with Gasteiger partial charge in [0, 0.05) is 23.8 Å². The zero-order valence-corrected chi connectivity index (χ0v) is 9.37. The molecule has 0 saturated heterocycles. The first-order chi connectivity index (χ1) is 7.36. The molecule has 2 rings (SSSR count). The Balaban J connectivity index is 2.35. The lowest BCUT2D eigenvalue weighted by Crippen LogP contribution is -2.30. The molecule has 0 aliphatic heterocycles. The van der Waals surface area contributed by atoms with Crippen LogP contribution in [0, 0.1) is 0 Å². The summed E-state index contributed by atoms with van der Waals surface area (Å²) < 4.78 is 2.09. The van der Waals surface area contributed by atoms with Crippen LogP contribution in [0.2, 0.25) is 0 Å². The molecule has 2 heterocycles. The van der Waals surface area contributed by atoms with Crippen LogP contribution in [0.3, 0.4) is 0 Å². The first kappa shape index (κ1) is 10.4. The Morgan fingerprint density at radius 3 is 3.13 bits per heavy atom. The van der Waals surface area contributed by atoms with Crippen LogP contribution in [0.4, 0.5) is 0 Å². The average molecular weight is 222 g/mol. The number of imidazole rings is 1. The smallest absolute Gasteiger partial charge is 0.132 e. The number of rotatable bonds is 4. The third kappa shape index (κ3) is 1.94. The number of thiophene rings is 1. The lowest BCUT2D eigenvalue weighted by molar-refractivity contribution is 0.567. The summed E-state index contributed by atoms with van der Waals surface area (Å²) in [6.45, 7) is 2.99. The van der Waals surface area contributed by atoms with Crippen molar-refractivity contribution in [2.75, 3.05) is 0 Å². The fourth-order valence-electron chi connectivity index (χ4n) is 1.59. The predicted molar refractivity (Wildman–Crippen MR) is 61.4 cm³/mol. The molecule has 0 spiro atoms. The summed E-state index contributed by atoms with van der Waals surface area (Å²) in [5, 5.41) is 2.04. The van der Waals surface area contributed by atoms with Gasteiger partial charge in [0.15, 0.2) is 0 Å². The van der Waals surface area contributed by atoms with Gasteiger partial charge in [-0.15, -0.1) is 11.3 Å². The van der Waals surface area contributed by atoms with E-state index < -0.39 is 0 Å². The molecule has 5 heteroatoms. The van der Waals surface area contributed by atoms with E-state index in [2.05, 4.69) is 28.0 Å². The molecule has 0 aliphatic rings. The summed E-state index contributed by atoms with van der Waals surface area (Å²) in [5.74, 6) is 6.54. The number of hydrogen-bond donors (Lipinski definition) is 2. The summed E-state index contributed by atoms with van der Waals surface area (Å²) in [4.78, 5) is 5.52. The Bertz CT molecular complexity index is 407. The van der Waals surface area contributed by atoms with Gasteiger partial charge >= 0.3 is 0 Å². The van der Waals surface area contributed by atoms with Crippen LogP contribution < -0.4 is 11.3 Å². The summed E-state index contributed by atoms with van der Waals surface area (Å²) >= 11 is 1.68. The zero-order chi connectivity index (χ0) is 10.7. The predicted octanol–water partition coefficient (Wildman–Crippen LogP) is 1.52. The van der Waals surface area contributed by atoms with E-state index in [-0.39, 0.29) is 6.04 Å². The number of nitrogens with two attached hydrogens (primary N) is 1. The largest absolute Gasteiger partial charge is 0.334 e. The highest BCUT2D eigenvalue weighted by atomic mass is 32.1. The minimum atomic E-state index is -0.0139. The Morgan fingerprint density at radius 2 is 2.53 bits per heavy atom. The van der Waals surface area contributed by atoms with Gasteiger partial charge in [0.05, 0.1) is 0 Å². The number of nitrogens with one attached hydrogen (secondary N) is 1. The highest BCUT2D eigenvalue weighted by molar-refractivity contribution is 7.10. The number of hydrogen-bond acceptors (Lipinski definition) is 4. The Labute approximate surface area is 92.7 Å². The zero-order valence-electron chi connectivity index (χ0n) is 8.55. The second-order valence-corrected chi connectivity index (χ2v) is 4.17. The van der Waals surface area contributed by atoms with E-state index in [1.165, 1.54) is 4.88 Å². The molecule has 2 aromatic heterocycles. The fourth-order valence-corrected chi connectivity index (χ4v) is 2.37. The summed E-state index contributed by atoms with van der Waals surface area (Å²) in [5.41, 5.74) is 2.81. The van der Waals surface area contributed by atoms with Crippen LogP contribution in [-0.4, -0.2) is 9.55 Å². The van der Waals surface area contributed by atoms with Gasteiger partial charge in [-0.2, -0.15) is 0 Å². The maximum absolute atomic E-state index is 5.58. The Morgan fingerprint density at radius 1 is 1.67 bits per heavy atom. The van der Waals surface area contributed by atoms with Crippen molar-refractivity contribution in [2.24, 2.45) is 5.84 Å². The van der Waals surface area contributed by atoms with Crippen LogP contribution in [0.5, 0.6) is 0 Å². The lowest BCUT2D eigenvalue weighted by Gasteiger charge is -2.15. The van der Waals surface area contributed by atoms with Crippen LogP contribution in [0.15, 0.2) is 29.9 Å². The van der Waals surface area contributed by atoms with Crippen molar-refractivity contribution >= 4 is 11.3 Å². The average Bonchev–Trinajstić information content (AvgIpc) is 2.89. The van der Waals surface area contributed by atoms with Crippen LogP contribution in [0.25, 0.3) is 0 Å². The molecule has 80 valence electrons. The third-order valence-corrected chi connectivity index (χ3v) is 3.28. The standard InChI is InChI=1S/C10H14N4S/c1-2-14-6-5-12-10(14)9(13-11)8-4-3-7-15-8/h3-7,9,13H,2,11H2,1H3. The maximum atomic E-state index is 5.58. The van der Waals surface area contributed by atoms with Crippen molar-refractivity contribution in [3.63, 3.8) is 0 Å². The van der Waals surface area contributed by atoms with Crippen LogP contribution in [0.1, 0.15) is 23.7 Å². The van der Waals surface area contributed by atoms with Gasteiger partial charge in [-0.3, -0.25) is 5.84 Å². The normalized spacial score (nSPS) is 12.9. The fraction of sp³-hybridized carbons (Fsp3) is 0.300. The summed E-state index contributed by atoms with van der Waals surface area (Å²) in [6.07, 6.45) is 3.77. The molecular weight excluding hydrogens is 208 g/mol. The molecule has 1 unspecified atom stereocenters. The first-order valence-corrected chi connectivity index (χ1v) is 5.75. The van der Waals surface area contributed by atoms with Crippen molar-refractivity contribution in [2.45, 2.75) is 19.5 Å². The van der Waals surface area contributed by atoms with Gasteiger partial charge < -0.3 is 4.57 Å². The molecular formula is C10H14N4S. The molecule has 0 amide bonds. The SMILES string of the molecule is CCn1ccnc1C(NN)c1cccs1. The summed E-state index contributed by atoms with van der Waals surface area (Å²) in [7, 11) is 0. The number of hydrazine groups is 1. The molecule has 0 saturated carbocycles. The molecule has 0 radical (unpaired) electrons. The molecule has 1 atom stereocenters. The van der Waals surface area contributed by atoms with Crippen LogP contribution >= 0.6 is 11.3 Å². The topological polar surface area (TPSA) is 55.9 Å². The van der Waals surface area contributed by atoms with E-state index in [9.17, 15) is 0 Å². The Hall–Kier alpha value is -1.17. The minimum absolute atomic E-state index is 0.0139. The van der Waals surface area contributed by atoms with E-state index in [0.717, 1.165) is 12.4 Å². The van der Waals surface area contributed by atoms with Gasteiger partial charge in [0.1, 0.15) is 11.9 Å². The molecule has 0 aromatic carbocycles. The van der Waals surface area contributed by atoms with Crippen molar-refractivity contribution in [1.29, 1.82) is 0 Å². The van der Waals surface area contributed by atoms with Crippen molar-refractivity contribution in [3.8, 4) is 0 Å². The monoisotopic (exact) mass is 222 g/mol. The lowest BCUT2D eigenvalue weighted by atomic mass is 10.2. The Kier molecular flexibility index (Phi) is 3.15. The number of aryl methyl sites for hydroxylation is 1. The van der Waals surface area contributed by atoms with E-state index in [1.807, 2.05) is 17.6 Å². The second kappa shape index (κ2) is 4.57. The molecule has 15 heavy (non-hydrogen) atoms. The highest BCUT2D eigenvalue weighted by Gasteiger charge is 2.17. The molecule has 0 aliphatic carbocycles. The van der Waals surface area contributed by atoms with E-state index in [4.69, 9.17) is 5.84 Å². The van der Waals surface area contributed by atoms with Gasteiger partial charge in [-0.1, -0.05) is 6.07 Å². The van der Waals surface area contributed by atoms with Gasteiger partial charge in [-0.25, -0.2) is 10.4 Å². The summed E-state index contributed by atoms with van der Waals surface area (Å²) in [6, 6.07) is 4.06. The number of aromatic nitrogens is 2. The van der Waals surface area contributed by atoms with Crippen molar-refractivity contribution < 1.29 is 0 Å². The molecule has 3 N–H and O–H groups in total. The van der Waals surface area contributed by atoms with Crippen LogP contribution in [-0.2, 0) is 6.54 Å².